The van der Waals surface area contributed by atoms with Gasteiger partial charge in [0.25, 0.3) is 0 Å². The van der Waals surface area contributed by atoms with Gasteiger partial charge in [0.15, 0.2) is 5.78 Å². The Bertz CT molecular complexity index is 530. The molecule has 114 valence electrons. The fourth-order valence-electron chi connectivity index (χ4n) is 3.60. The molecule has 1 aromatic carbocycles. The lowest BCUT2D eigenvalue weighted by molar-refractivity contribution is 0.101. The van der Waals surface area contributed by atoms with Crippen molar-refractivity contribution in [3.05, 3.63) is 29.3 Å². The molecule has 0 amide bonds. The number of ketones is 1. The highest BCUT2D eigenvalue weighted by Gasteiger charge is 2.28. The van der Waals surface area contributed by atoms with Gasteiger partial charge in [-0.1, -0.05) is 0 Å². The van der Waals surface area contributed by atoms with Crippen LogP contribution < -0.4 is 0 Å². The van der Waals surface area contributed by atoms with Crippen molar-refractivity contribution in [1.82, 2.24) is 9.80 Å². The van der Waals surface area contributed by atoms with E-state index in [4.69, 9.17) is 0 Å². The molecule has 3 rings (SSSR count). The highest BCUT2D eigenvalue weighted by Crippen LogP contribution is 2.25. The average Bonchev–Trinajstić information content (AvgIpc) is 2.80. The summed E-state index contributed by atoms with van der Waals surface area (Å²) in [7, 11) is 0. The molecular weight excluding hydrogens is 264 g/mol. The van der Waals surface area contributed by atoms with Crippen LogP contribution in [0.4, 0.5) is 0 Å². The molecule has 4 nitrogen and oxygen atoms in total. The predicted molar refractivity (Wildman–Crippen MR) is 82.6 cm³/mol. The van der Waals surface area contributed by atoms with Gasteiger partial charge >= 0.3 is 0 Å². The first kappa shape index (κ1) is 14.5. The Kier molecular flexibility index (Phi) is 4.27. The quantitative estimate of drug-likeness (QED) is 0.867. The number of benzene rings is 1. The zero-order valence-corrected chi connectivity index (χ0v) is 12.7. The standard InChI is InChI=1S/C17H24N2O2/c1-13(20)14-5-6-17(21)15(10-14)11-18-7-3-9-19-8-2-4-16(19)12-18/h5-6,10,16,21H,2-4,7-9,11-12H2,1H3. The van der Waals surface area contributed by atoms with Crippen molar-refractivity contribution in [2.75, 3.05) is 26.2 Å². The largest absolute Gasteiger partial charge is 0.508 e. The van der Waals surface area contributed by atoms with Gasteiger partial charge in [-0.05, 0) is 64.0 Å². The molecule has 0 radical (unpaired) electrons. The second kappa shape index (κ2) is 6.16. The molecule has 1 unspecified atom stereocenters. The van der Waals surface area contributed by atoms with Gasteiger partial charge in [-0.2, -0.15) is 0 Å². The summed E-state index contributed by atoms with van der Waals surface area (Å²) in [6.45, 7) is 6.88. The van der Waals surface area contributed by atoms with Crippen molar-refractivity contribution in [2.45, 2.75) is 38.8 Å². The summed E-state index contributed by atoms with van der Waals surface area (Å²) in [5, 5.41) is 10.1. The van der Waals surface area contributed by atoms with E-state index in [0.29, 0.717) is 17.4 Å². The molecule has 21 heavy (non-hydrogen) atoms. The van der Waals surface area contributed by atoms with E-state index in [-0.39, 0.29) is 5.78 Å². The Morgan fingerprint density at radius 3 is 2.90 bits per heavy atom. The van der Waals surface area contributed by atoms with Crippen molar-refractivity contribution in [3.8, 4) is 5.75 Å². The minimum absolute atomic E-state index is 0.0501. The maximum absolute atomic E-state index is 11.5. The predicted octanol–water partition coefficient (Wildman–Crippen LogP) is 2.26. The number of hydrogen-bond donors (Lipinski definition) is 1. The Morgan fingerprint density at radius 2 is 2.10 bits per heavy atom. The van der Waals surface area contributed by atoms with Gasteiger partial charge < -0.3 is 5.11 Å². The van der Waals surface area contributed by atoms with Crippen LogP contribution in [0.5, 0.6) is 5.75 Å². The van der Waals surface area contributed by atoms with Crippen molar-refractivity contribution < 1.29 is 9.90 Å². The van der Waals surface area contributed by atoms with E-state index in [2.05, 4.69) is 9.80 Å². The third-order valence-electron chi connectivity index (χ3n) is 4.77. The molecule has 0 spiro atoms. The van der Waals surface area contributed by atoms with Crippen molar-refractivity contribution >= 4 is 5.78 Å². The molecule has 2 aliphatic heterocycles. The molecule has 1 N–H and O–H groups in total. The van der Waals surface area contributed by atoms with Gasteiger partial charge in [-0.15, -0.1) is 0 Å². The number of aromatic hydroxyl groups is 1. The Balaban J connectivity index is 1.73. The van der Waals surface area contributed by atoms with E-state index in [0.717, 1.165) is 25.2 Å². The van der Waals surface area contributed by atoms with E-state index in [1.807, 2.05) is 6.07 Å². The molecule has 1 aromatic rings. The number of nitrogens with zero attached hydrogens (tertiary/aromatic N) is 2. The van der Waals surface area contributed by atoms with E-state index in [9.17, 15) is 9.90 Å². The number of Topliss-reactive ketones (excluding diaryl/α,β-unsaturated/α-hetero) is 1. The van der Waals surface area contributed by atoms with Gasteiger partial charge in [0.1, 0.15) is 5.75 Å². The third-order valence-corrected chi connectivity index (χ3v) is 4.77. The van der Waals surface area contributed by atoms with E-state index < -0.39 is 0 Å². The van der Waals surface area contributed by atoms with E-state index in [1.54, 1.807) is 19.1 Å². The topological polar surface area (TPSA) is 43.8 Å². The lowest BCUT2D eigenvalue weighted by Gasteiger charge is -2.25. The van der Waals surface area contributed by atoms with Crippen LogP contribution >= 0.6 is 0 Å². The molecule has 2 heterocycles. The van der Waals surface area contributed by atoms with E-state index in [1.165, 1.54) is 32.4 Å². The Hall–Kier alpha value is -1.39. The van der Waals surface area contributed by atoms with Gasteiger partial charge in [-0.25, -0.2) is 0 Å². The Labute approximate surface area is 126 Å². The van der Waals surface area contributed by atoms with Crippen molar-refractivity contribution in [2.24, 2.45) is 0 Å². The second-order valence-corrected chi connectivity index (χ2v) is 6.32. The van der Waals surface area contributed by atoms with Crippen LogP contribution in [0.3, 0.4) is 0 Å². The van der Waals surface area contributed by atoms with Gasteiger partial charge in [-0.3, -0.25) is 14.6 Å². The summed E-state index contributed by atoms with van der Waals surface area (Å²) < 4.78 is 0. The molecule has 2 saturated heterocycles. The summed E-state index contributed by atoms with van der Waals surface area (Å²) in [6, 6.07) is 5.86. The lowest BCUT2D eigenvalue weighted by atomic mass is 10.1. The highest BCUT2D eigenvalue weighted by atomic mass is 16.3. The molecule has 0 bridgehead atoms. The Morgan fingerprint density at radius 1 is 1.29 bits per heavy atom. The van der Waals surface area contributed by atoms with Gasteiger partial charge in [0, 0.05) is 30.3 Å². The minimum atomic E-state index is 0.0501. The van der Waals surface area contributed by atoms with Gasteiger partial charge in [0.2, 0.25) is 0 Å². The SMILES string of the molecule is CC(=O)c1ccc(O)c(CN2CCCN3CCCC3C2)c1. The van der Waals surface area contributed by atoms with Crippen molar-refractivity contribution in [1.29, 1.82) is 0 Å². The van der Waals surface area contributed by atoms with Crippen LogP contribution in [-0.4, -0.2) is 52.9 Å². The van der Waals surface area contributed by atoms with Crippen LogP contribution in [0.1, 0.15) is 42.1 Å². The summed E-state index contributed by atoms with van der Waals surface area (Å²) in [5.41, 5.74) is 1.55. The third kappa shape index (κ3) is 3.27. The number of fused-ring (bicyclic) bond motifs is 1. The second-order valence-electron chi connectivity index (χ2n) is 6.32. The van der Waals surface area contributed by atoms with Crippen LogP contribution in [0.15, 0.2) is 18.2 Å². The zero-order valence-electron chi connectivity index (χ0n) is 12.7. The fourth-order valence-corrected chi connectivity index (χ4v) is 3.60. The van der Waals surface area contributed by atoms with Crippen LogP contribution in [0.25, 0.3) is 0 Å². The maximum atomic E-state index is 11.5. The number of carbonyl (C=O) groups is 1. The normalized spacial score (nSPS) is 23.8. The maximum Gasteiger partial charge on any atom is 0.159 e. The smallest absolute Gasteiger partial charge is 0.159 e. The number of carbonyl (C=O) groups excluding carboxylic acids is 1. The van der Waals surface area contributed by atoms with Crippen LogP contribution in [-0.2, 0) is 6.54 Å². The minimum Gasteiger partial charge on any atom is -0.508 e. The molecule has 0 aliphatic carbocycles. The average molecular weight is 288 g/mol. The zero-order chi connectivity index (χ0) is 14.8. The first-order valence-corrected chi connectivity index (χ1v) is 7.93. The number of phenolic OH excluding ortho intramolecular Hbond substituents is 1. The summed E-state index contributed by atoms with van der Waals surface area (Å²) in [4.78, 5) is 16.5. The molecular formula is C17H24N2O2. The van der Waals surface area contributed by atoms with Gasteiger partial charge in [0.05, 0.1) is 0 Å². The molecule has 2 fully saturated rings. The molecule has 0 saturated carbocycles. The highest BCUT2D eigenvalue weighted by molar-refractivity contribution is 5.94. The van der Waals surface area contributed by atoms with Crippen molar-refractivity contribution in [3.63, 3.8) is 0 Å². The molecule has 4 heteroatoms. The lowest BCUT2D eigenvalue weighted by Crippen LogP contribution is -2.36. The van der Waals surface area contributed by atoms with Crippen LogP contribution in [0.2, 0.25) is 0 Å². The number of phenols is 1. The first-order valence-electron chi connectivity index (χ1n) is 7.93. The summed E-state index contributed by atoms with van der Waals surface area (Å²) >= 11 is 0. The summed E-state index contributed by atoms with van der Waals surface area (Å²) in [6.07, 6.45) is 3.78. The van der Waals surface area contributed by atoms with E-state index >= 15 is 0 Å². The van der Waals surface area contributed by atoms with Crippen LogP contribution in [0, 0.1) is 0 Å². The first-order chi connectivity index (χ1) is 10.1. The number of rotatable bonds is 3. The molecule has 2 aliphatic rings. The monoisotopic (exact) mass is 288 g/mol. The fraction of sp³-hybridized carbons (Fsp3) is 0.588. The number of hydrogen-bond acceptors (Lipinski definition) is 4. The molecule has 1 atom stereocenters. The summed E-state index contributed by atoms with van der Waals surface area (Å²) in [5.74, 6) is 0.349. The molecule has 0 aromatic heterocycles.